The van der Waals surface area contributed by atoms with Crippen molar-refractivity contribution in [2.45, 2.75) is 64.7 Å². The quantitative estimate of drug-likeness (QED) is 0.0775. The predicted molar refractivity (Wildman–Crippen MR) is 262 cm³/mol. The molecule has 4 heterocycles. The highest BCUT2D eigenvalue weighted by Crippen LogP contribution is 2.42. The molecule has 2 fully saturated rings. The van der Waals surface area contributed by atoms with Gasteiger partial charge >= 0.3 is 12.2 Å². The number of methoxy groups -OCH3 is 2. The Labute approximate surface area is 395 Å². The normalized spacial score (nSPS) is 21.2. The van der Waals surface area contributed by atoms with Gasteiger partial charge in [0.05, 0.1) is 55.5 Å². The molecule has 0 bridgehead atoms. The van der Waals surface area contributed by atoms with Gasteiger partial charge in [-0.3, -0.25) is 9.59 Å². The molecule has 2 aliphatic heterocycles. The number of likely N-dealkylation sites (tertiary alicyclic amines) is 2. The van der Waals surface area contributed by atoms with Crippen LogP contribution in [0.4, 0.5) is 9.59 Å². The topological polar surface area (TPSA) is 184 Å². The second-order valence-corrected chi connectivity index (χ2v) is 19.1. The Morgan fingerprint density at radius 3 is 1.82 bits per heavy atom. The highest BCUT2D eigenvalue weighted by atomic mass is 16.5. The molecule has 15 nitrogen and oxygen atoms in total. The number of alkyl carbamates (subject to hydrolysis) is 2. The third-order valence-electron chi connectivity index (χ3n) is 14.0. The standard InChI is InChI=1S/C53H60N8O7/c1-9-33-25-61(51(63)44(29(4)5)59-53(65)67-8)47(30(33)6)49-55-41-20-16-37-23-35(14-18-39(37)46(41)57-49)34-13-17-38-36(22-34)15-19-40-45(38)56-48(54-40)42-21-32(27-68-26-31-11-10-12-31)24-60(42)50(62)43(28(2)3)58-52(64)66-7/h9-11,13-20,22-23,28-29,31-33,42-44,47H,1,6,12,21,24-27H2,2-5,7-8H3,(H,54,56)(H,55,57)(H,58,64)(H,59,65)/t31?,32-,33+,42-,43-,44-,47-/m0/s1. The van der Waals surface area contributed by atoms with Crippen molar-refractivity contribution in [1.82, 2.24) is 40.4 Å². The molecule has 7 atom stereocenters. The van der Waals surface area contributed by atoms with Gasteiger partial charge in [0.1, 0.15) is 29.8 Å². The lowest BCUT2D eigenvalue weighted by Crippen LogP contribution is -2.51. The van der Waals surface area contributed by atoms with E-state index < -0.39 is 30.3 Å². The molecule has 4 amide bonds. The number of carbonyl (C=O) groups is 4. The van der Waals surface area contributed by atoms with Gasteiger partial charge in [-0.05, 0) is 76.4 Å². The Morgan fingerprint density at radius 1 is 0.765 bits per heavy atom. The molecule has 6 aromatic rings. The fourth-order valence-corrected chi connectivity index (χ4v) is 10.0. The van der Waals surface area contributed by atoms with E-state index in [9.17, 15) is 19.2 Å². The number of amides is 4. The van der Waals surface area contributed by atoms with Crippen LogP contribution in [0.15, 0.2) is 97.6 Å². The van der Waals surface area contributed by atoms with Crippen LogP contribution in [-0.4, -0.2) is 106 Å². The fourth-order valence-electron chi connectivity index (χ4n) is 10.0. The maximum Gasteiger partial charge on any atom is 0.407 e. The van der Waals surface area contributed by atoms with E-state index in [0.29, 0.717) is 50.3 Å². The maximum atomic E-state index is 14.3. The monoisotopic (exact) mass is 920 g/mol. The minimum Gasteiger partial charge on any atom is -0.453 e. The number of hydrogen-bond acceptors (Lipinski definition) is 9. The van der Waals surface area contributed by atoms with Crippen LogP contribution in [0.1, 0.15) is 64.3 Å². The zero-order valence-corrected chi connectivity index (χ0v) is 39.5. The molecule has 4 aromatic carbocycles. The second kappa shape index (κ2) is 18.9. The van der Waals surface area contributed by atoms with Crippen molar-refractivity contribution >= 4 is 67.6 Å². The lowest BCUT2D eigenvalue weighted by Gasteiger charge is -2.30. The van der Waals surface area contributed by atoms with Crippen LogP contribution in [0.5, 0.6) is 0 Å². The average molecular weight is 921 g/mol. The van der Waals surface area contributed by atoms with Crippen LogP contribution in [-0.2, 0) is 23.8 Å². The number of carbonyl (C=O) groups excluding carboxylic acids is 4. The first-order chi connectivity index (χ1) is 32.8. The largest absolute Gasteiger partial charge is 0.453 e. The van der Waals surface area contributed by atoms with Crippen LogP contribution in [0, 0.1) is 29.6 Å². The van der Waals surface area contributed by atoms with Gasteiger partial charge in [0, 0.05) is 41.6 Å². The van der Waals surface area contributed by atoms with Crippen molar-refractivity contribution in [1.29, 1.82) is 0 Å². The summed E-state index contributed by atoms with van der Waals surface area (Å²) in [5, 5.41) is 9.45. The summed E-state index contributed by atoms with van der Waals surface area (Å²) < 4.78 is 15.9. The lowest BCUT2D eigenvalue weighted by atomic mass is 9.96. The van der Waals surface area contributed by atoms with E-state index in [4.69, 9.17) is 24.2 Å². The number of aromatic nitrogens is 4. The third kappa shape index (κ3) is 8.70. The summed E-state index contributed by atoms with van der Waals surface area (Å²) in [6, 6.07) is 18.5. The Bertz CT molecular complexity index is 2990. The van der Waals surface area contributed by atoms with Crippen molar-refractivity contribution in [3.63, 3.8) is 0 Å². The van der Waals surface area contributed by atoms with E-state index in [1.807, 2.05) is 44.7 Å². The molecule has 1 unspecified atom stereocenters. The number of imidazole rings is 2. The molecule has 2 aromatic heterocycles. The number of aromatic amines is 2. The first-order valence-electron chi connectivity index (χ1n) is 23.5. The van der Waals surface area contributed by atoms with Crippen molar-refractivity contribution in [2.24, 2.45) is 29.6 Å². The number of H-pyrrole nitrogens is 2. The van der Waals surface area contributed by atoms with Gasteiger partial charge in [-0.15, -0.1) is 6.58 Å². The highest BCUT2D eigenvalue weighted by Gasteiger charge is 2.44. The van der Waals surface area contributed by atoms with Gasteiger partial charge in [0.2, 0.25) is 11.8 Å². The van der Waals surface area contributed by atoms with E-state index in [0.717, 1.165) is 66.7 Å². The van der Waals surface area contributed by atoms with Crippen molar-refractivity contribution in [3.8, 4) is 11.1 Å². The molecular weight excluding hydrogens is 861 g/mol. The number of benzene rings is 4. The molecular formula is C53H60N8O7. The van der Waals surface area contributed by atoms with Gasteiger partial charge in [-0.2, -0.15) is 0 Å². The summed E-state index contributed by atoms with van der Waals surface area (Å²) in [6.07, 6.45) is 6.51. The summed E-state index contributed by atoms with van der Waals surface area (Å²) >= 11 is 0. The minimum atomic E-state index is -0.803. The summed E-state index contributed by atoms with van der Waals surface area (Å²) in [5.74, 6) is 0.899. The number of ether oxygens (including phenoxy) is 3. The molecule has 15 heteroatoms. The van der Waals surface area contributed by atoms with E-state index in [1.54, 1.807) is 11.0 Å². The summed E-state index contributed by atoms with van der Waals surface area (Å²) in [5.41, 5.74) is 6.17. The van der Waals surface area contributed by atoms with Gasteiger partial charge in [0.25, 0.3) is 0 Å². The number of nitrogens with one attached hydrogen (secondary N) is 4. The summed E-state index contributed by atoms with van der Waals surface area (Å²) in [4.78, 5) is 73.9. The first-order valence-corrected chi connectivity index (χ1v) is 23.5. The zero-order valence-electron chi connectivity index (χ0n) is 39.5. The molecule has 9 rings (SSSR count). The number of fused-ring (bicyclic) bond motifs is 6. The summed E-state index contributed by atoms with van der Waals surface area (Å²) in [6.45, 7) is 18.0. The van der Waals surface area contributed by atoms with E-state index >= 15 is 0 Å². The van der Waals surface area contributed by atoms with Crippen molar-refractivity contribution in [2.75, 3.05) is 40.5 Å². The number of nitrogens with zero attached hydrogens (tertiary/aromatic N) is 4. The van der Waals surface area contributed by atoms with Gasteiger partial charge in [-0.1, -0.05) is 88.9 Å². The molecule has 354 valence electrons. The van der Waals surface area contributed by atoms with E-state index in [1.165, 1.54) is 14.2 Å². The van der Waals surface area contributed by atoms with Gasteiger partial charge in [-0.25, -0.2) is 19.6 Å². The highest BCUT2D eigenvalue weighted by molar-refractivity contribution is 6.07. The Kier molecular flexibility index (Phi) is 12.8. The van der Waals surface area contributed by atoms with Gasteiger partial charge in [0.15, 0.2) is 0 Å². The maximum absolute atomic E-state index is 14.3. The Hall–Kier alpha value is -7.00. The van der Waals surface area contributed by atoms with Crippen LogP contribution in [0.25, 0.3) is 54.7 Å². The molecule has 2 saturated heterocycles. The molecule has 3 aliphatic rings. The predicted octanol–water partition coefficient (Wildman–Crippen LogP) is 8.90. The van der Waals surface area contributed by atoms with E-state index in [-0.39, 0.29) is 41.5 Å². The lowest BCUT2D eigenvalue weighted by molar-refractivity contribution is -0.136. The van der Waals surface area contributed by atoms with Crippen molar-refractivity contribution < 1.29 is 33.4 Å². The average Bonchev–Trinajstić information content (AvgIpc) is 4.13. The van der Waals surface area contributed by atoms with Crippen LogP contribution in [0.3, 0.4) is 0 Å². The fraction of sp³-hybridized carbons (Fsp3) is 0.396. The zero-order chi connectivity index (χ0) is 48.0. The van der Waals surface area contributed by atoms with Crippen LogP contribution in [0.2, 0.25) is 0 Å². The SMILES string of the molecule is C=C[C@@H]1CN(C(=O)[C@@H](NC(=O)OC)C(C)C)[C@H](c2nc3c(ccc4cc(-c5ccc6c(ccc7[nH]c([C@@H]8C[C@H](COCC9C=CC9)CN8C(=O)[C@@H](NC(=O)OC)C(C)C)nc76)c5)ccc43)[nH]2)C1=C. The van der Waals surface area contributed by atoms with Crippen LogP contribution >= 0.6 is 0 Å². The molecule has 1 aliphatic carbocycles. The molecule has 0 spiro atoms. The van der Waals surface area contributed by atoms with Crippen molar-refractivity contribution in [3.05, 3.63) is 109 Å². The number of rotatable bonds is 14. The summed E-state index contributed by atoms with van der Waals surface area (Å²) in [7, 11) is 2.57. The number of hydrogen-bond donors (Lipinski definition) is 4. The molecule has 68 heavy (non-hydrogen) atoms. The number of allylic oxidation sites excluding steroid dienone is 1. The molecule has 0 radical (unpaired) electrons. The second-order valence-electron chi connectivity index (χ2n) is 19.1. The van der Waals surface area contributed by atoms with Crippen LogP contribution < -0.4 is 10.6 Å². The molecule has 4 N–H and O–H groups in total. The first kappa shape index (κ1) is 46.1. The third-order valence-corrected chi connectivity index (χ3v) is 14.0. The molecule has 0 saturated carbocycles. The smallest absolute Gasteiger partial charge is 0.407 e. The van der Waals surface area contributed by atoms with E-state index in [2.05, 4.69) is 94.4 Å². The minimum absolute atomic E-state index is 0.0962. The Balaban J connectivity index is 0.991. The van der Waals surface area contributed by atoms with Gasteiger partial charge < -0.3 is 44.6 Å². The Morgan fingerprint density at radius 2 is 1.31 bits per heavy atom.